The van der Waals surface area contributed by atoms with E-state index >= 15 is 0 Å². The fourth-order valence-corrected chi connectivity index (χ4v) is 3.87. The van der Waals surface area contributed by atoms with Gasteiger partial charge in [0.2, 0.25) is 0 Å². The van der Waals surface area contributed by atoms with Crippen LogP contribution in [-0.4, -0.2) is 23.2 Å². The number of oxime groups is 1. The number of anilines is 1. The first kappa shape index (κ1) is 20.0. The number of allylic oxidation sites excluding steroid dienone is 2. The summed E-state index contributed by atoms with van der Waals surface area (Å²) in [5.41, 5.74) is 12.1. The quantitative estimate of drug-likeness (QED) is 0.440. The molecule has 1 aromatic rings. The molecule has 0 aromatic heterocycles. The molecule has 0 spiro atoms. The maximum Gasteiger partial charge on any atom is 0.168 e. The lowest BCUT2D eigenvalue weighted by molar-refractivity contribution is -0.116. The highest BCUT2D eigenvalue weighted by Crippen LogP contribution is 2.39. The predicted octanol–water partition coefficient (Wildman–Crippen LogP) is 4.65. The smallest absolute Gasteiger partial charge is 0.168 e. The minimum absolute atomic E-state index is 0.0656. The summed E-state index contributed by atoms with van der Waals surface area (Å²) in [5.74, 6) is -0.0381. The largest absolute Gasteiger partial charge is 0.511 e. The van der Waals surface area contributed by atoms with Crippen molar-refractivity contribution in [2.24, 2.45) is 5.16 Å². The average Bonchev–Trinajstić information content (AvgIpc) is 2.57. The molecule has 0 bridgehead atoms. The molecule has 1 aromatic carbocycles. The number of carbonyl (C=O) groups is 1. The van der Waals surface area contributed by atoms with Crippen molar-refractivity contribution in [2.75, 3.05) is 12.3 Å². The highest BCUT2D eigenvalue weighted by atomic mass is 16.6. The van der Waals surface area contributed by atoms with Crippen molar-refractivity contribution in [1.82, 2.24) is 0 Å². The molecule has 0 fully saturated rings. The highest BCUT2D eigenvalue weighted by Gasteiger charge is 2.33. The molecule has 1 aliphatic rings. The molecule has 26 heavy (non-hydrogen) atoms. The average molecular weight is 358 g/mol. The lowest BCUT2D eigenvalue weighted by Gasteiger charge is -2.27. The van der Waals surface area contributed by atoms with Gasteiger partial charge < -0.3 is 15.7 Å². The van der Waals surface area contributed by atoms with E-state index in [1.165, 1.54) is 0 Å². The Bertz CT molecular complexity index is 763. The normalized spacial score (nSPS) is 18.4. The van der Waals surface area contributed by atoms with Crippen molar-refractivity contribution in [1.29, 1.82) is 0 Å². The Morgan fingerprint density at radius 3 is 2.54 bits per heavy atom. The number of nitrogens with two attached hydrogens (primary N) is 1. The van der Waals surface area contributed by atoms with E-state index in [1.54, 1.807) is 0 Å². The molecule has 0 saturated heterocycles. The predicted molar refractivity (Wildman–Crippen MR) is 106 cm³/mol. The Balaban J connectivity index is 2.43. The van der Waals surface area contributed by atoms with E-state index < -0.39 is 0 Å². The number of ketones is 1. The number of aliphatic hydroxyl groups is 1. The summed E-state index contributed by atoms with van der Waals surface area (Å²) >= 11 is 0. The molecular weight excluding hydrogens is 328 g/mol. The highest BCUT2D eigenvalue weighted by molar-refractivity contribution is 6.23. The van der Waals surface area contributed by atoms with E-state index in [4.69, 9.17) is 10.6 Å². The molecule has 0 amide bonds. The van der Waals surface area contributed by atoms with Gasteiger partial charge in [-0.3, -0.25) is 4.79 Å². The van der Waals surface area contributed by atoms with Gasteiger partial charge in [0, 0.05) is 18.5 Å². The number of aryl methyl sites for hydroxylation is 2. The van der Waals surface area contributed by atoms with Crippen LogP contribution in [0.2, 0.25) is 0 Å². The van der Waals surface area contributed by atoms with Crippen LogP contribution in [0.25, 0.3) is 0 Å². The minimum atomic E-state index is -0.0800. The maximum atomic E-state index is 12.9. The van der Waals surface area contributed by atoms with Gasteiger partial charge in [-0.15, -0.1) is 0 Å². The van der Waals surface area contributed by atoms with E-state index in [9.17, 15) is 9.90 Å². The summed E-state index contributed by atoms with van der Waals surface area (Å²) in [6.45, 7) is 10.3. The Labute approximate surface area is 155 Å². The number of Topliss-reactive ketones (excluding diaryl/α,β-unsaturated/α-hetero) is 1. The third kappa shape index (κ3) is 3.92. The van der Waals surface area contributed by atoms with Gasteiger partial charge >= 0.3 is 0 Å². The van der Waals surface area contributed by atoms with Crippen LogP contribution < -0.4 is 5.73 Å². The van der Waals surface area contributed by atoms with Crippen LogP contribution in [0.1, 0.15) is 67.7 Å². The molecule has 5 heteroatoms. The summed E-state index contributed by atoms with van der Waals surface area (Å²) in [6, 6.07) is 2.05. The number of hydrogen-bond acceptors (Lipinski definition) is 5. The minimum Gasteiger partial charge on any atom is -0.511 e. The fraction of sp³-hybridized carbons (Fsp3) is 0.524. The lowest BCUT2D eigenvalue weighted by atomic mass is 9.77. The van der Waals surface area contributed by atoms with Crippen LogP contribution in [-0.2, 0) is 9.63 Å². The standard InChI is InChI=1S/C21H30N2O3/c1-6-8-16(23-26-7-2)20-17(24)10-15(11-18(20)25)19-12(3)9-13(4)21(22)14(19)5/h9,15,24H,6-8,10-11,22H2,1-5H3/b23-16+. The zero-order chi connectivity index (χ0) is 19.4. The van der Waals surface area contributed by atoms with E-state index in [-0.39, 0.29) is 17.5 Å². The van der Waals surface area contributed by atoms with Gasteiger partial charge in [-0.25, -0.2) is 0 Å². The summed E-state index contributed by atoms with van der Waals surface area (Å²) in [6.07, 6.45) is 2.19. The van der Waals surface area contributed by atoms with Crippen molar-refractivity contribution in [2.45, 2.75) is 66.2 Å². The maximum absolute atomic E-state index is 12.9. The lowest BCUT2D eigenvalue weighted by Crippen LogP contribution is -2.25. The van der Waals surface area contributed by atoms with Crippen LogP contribution in [0.3, 0.4) is 0 Å². The number of hydrogen-bond donors (Lipinski definition) is 2. The van der Waals surface area contributed by atoms with E-state index in [0.717, 1.165) is 34.4 Å². The number of benzene rings is 1. The number of nitrogens with zero attached hydrogens (tertiary/aromatic N) is 1. The second kappa shape index (κ2) is 8.39. The molecule has 3 N–H and O–H groups in total. The number of rotatable bonds is 6. The van der Waals surface area contributed by atoms with Gasteiger partial charge in [0.1, 0.15) is 12.4 Å². The van der Waals surface area contributed by atoms with E-state index in [0.29, 0.717) is 37.2 Å². The van der Waals surface area contributed by atoms with Crippen molar-refractivity contribution in [3.05, 3.63) is 39.7 Å². The first-order chi connectivity index (χ1) is 12.3. The van der Waals surface area contributed by atoms with Gasteiger partial charge in [-0.1, -0.05) is 24.6 Å². The second-order valence-corrected chi connectivity index (χ2v) is 7.02. The molecule has 2 rings (SSSR count). The number of carbonyl (C=O) groups excluding carboxylic acids is 1. The number of nitrogen functional groups attached to an aromatic ring is 1. The molecule has 1 unspecified atom stereocenters. The van der Waals surface area contributed by atoms with Crippen molar-refractivity contribution >= 4 is 17.2 Å². The summed E-state index contributed by atoms with van der Waals surface area (Å²) < 4.78 is 0. The molecule has 5 nitrogen and oxygen atoms in total. The molecule has 0 radical (unpaired) electrons. The molecule has 142 valence electrons. The third-order valence-corrected chi connectivity index (χ3v) is 5.02. The summed E-state index contributed by atoms with van der Waals surface area (Å²) in [4.78, 5) is 18.0. The van der Waals surface area contributed by atoms with Crippen LogP contribution in [0.15, 0.2) is 22.6 Å². The molecular formula is C21H30N2O3. The first-order valence-electron chi connectivity index (χ1n) is 9.32. The van der Waals surface area contributed by atoms with Crippen LogP contribution >= 0.6 is 0 Å². The molecule has 1 aliphatic carbocycles. The van der Waals surface area contributed by atoms with Gasteiger partial charge in [-0.05, 0) is 62.3 Å². The van der Waals surface area contributed by atoms with Gasteiger partial charge in [-0.2, -0.15) is 0 Å². The van der Waals surface area contributed by atoms with Crippen molar-refractivity contribution in [3.8, 4) is 0 Å². The monoisotopic (exact) mass is 358 g/mol. The topological polar surface area (TPSA) is 84.9 Å². The summed E-state index contributed by atoms with van der Waals surface area (Å²) in [7, 11) is 0. The summed E-state index contributed by atoms with van der Waals surface area (Å²) in [5, 5.41) is 14.7. The van der Waals surface area contributed by atoms with Crippen LogP contribution in [0, 0.1) is 20.8 Å². The Kier molecular flexibility index (Phi) is 6.46. The molecule has 0 saturated carbocycles. The Morgan fingerprint density at radius 1 is 1.27 bits per heavy atom. The first-order valence-corrected chi connectivity index (χ1v) is 9.32. The molecule has 0 aliphatic heterocycles. The fourth-order valence-electron chi connectivity index (χ4n) is 3.87. The zero-order valence-corrected chi connectivity index (χ0v) is 16.5. The SMILES string of the molecule is CCC/C(=N\OCC)C1=C(O)CC(c2c(C)cc(C)c(N)c2C)CC1=O. The third-order valence-electron chi connectivity index (χ3n) is 5.02. The van der Waals surface area contributed by atoms with Gasteiger partial charge in [0.25, 0.3) is 0 Å². The van der Waals surface area contributed by atoms with E-state index in [1.807, 2.05) is 34.6 Å². The van der Waals surface area contributed by atoms with Gasteiger partial charge in [0.05, 0.1) is 11.3 Å². The molecule has 0 heterocycles. The van der Waals surface area contributed by atoms with E-state index in [2.05, 4.69) is 11.2 Å². The molecule has 1 atom stereocenters. The Morgan fingerprint density at radius 2 is 1.96 bits per heavy atom. The van der Waals surface area contributed by atoms with Crippen LogP contribution in [0.5, 0.6) is 0 Å². The van der Waals surface area contributed by atoms with Crippen LogP contribution in [0.4, 0.5) is 5.69 Å². The zero-order valence-electron chi connectivity index (χ0n) is 16.5. The van der Waals surface area contributed by atoms with Crippen molar-refractivity contribution < 1.29 is 14.7 Å². The Hall–Kier alpha value is -2.30. The number of aliphatic hydroxyl groups excluding tert-OH is 1. The van der Waals surface area contributed by atoms with Crippen molar-refractivity contribution in [3.63, 3.8) is 0 Å². The second-order valence-electron chi connectivity index (χ2n) is 7.02. The van der Waals surface area contributed by atoms with Gasteiger partial charge in [0.15, 0.2) is 5.78 Å².